The van der Waals surface area contributed by atoms with Crippen LogP contribution in [0, 0.1) is 0 Å². The number of likely N-dealkylation sites (N-methyl/N-ethyl adjacent to an activating group) is 1. The van der Waals surface area contributed by atoms with Gasteiger partial charge in [-0.15, -0.1) is 0 Å². The molecule has 8 heteroatoms. The second-order valence-corrected chi connectivity index (χ2v) is 8.47. The highest BCUT2D eigenvalue weighted by molar-refractivity contribution is 7.89. The third-order valence-corrected chi connectivity index (χ3v) is 6.55. The van der Waals surface area contributed by atoms with Gasteiger partial charge in [0, 0.05) is 24.7 Å². The van der Waals surface area contributed by atoms with Gasteiger partial charge in [-0.05, 0) is 51.8 Å². The number of carbonyl (C=O) groups is 2. The second-order valence-electron chi connectivity index (χ2n) is 6.58. The molecule has 0 saturated carbocycles. The molecule has 2 amide bonds. The zero-order valence-corrected chi connectivity index (χ0v) is 16.3. The van der Waals surface area contributed by atoms with Crippen LogP contribution in [0.5, 0.6) is 0 Å². The Bertz CT molecular complexity index is 763. The van der Waals surface area contributed by atoms with E-state index in [1.54, 1.807) is 26.0 Å². The molecule has 1 saturated heterocycles. The molecule has 0 spiro atoms. The number of sulfonamides is 1. The normalized spacial score (nSPS) is 19.6. The Labute approximate surface area is 155 Å². The fraction of sp³-hybridized carbons (Fsp3) is 0.556. The van der Waals surface area contributed by atoms with Gasteiger partial charge in [-0.25, -0.2) is 8.42 Å². The van der Waals surface area contributed by atoms with Gasteiger partial charge in [0.05, 0.1) is 4.90 Å². The van der Waals surface area contributed by atoms with E-state index in [4.69, 9.17) is 0 Å². The fourth-order valence-electron chi connectivity index (χ4n) is 3.03. The summed E-state index contributed by atoms with van der Waals surface area (Å²) in [5, 5.41) is 5.22. The van der Waals surface area contributed by atoms with E-state index in [1.165, 1.54) is 16.4 Å². The van der Waals surface area contributed by atoms with Crippen LogP contribution in [0.15, 0.2) is 29.2 Å². The van der Waals surface area contributed by atoms with E-state index in [9.17, 15) is 18.0 Å². The van der Waals surface area contributed by atoms with Crippen LogP contribution in [0.4, 0.5) is 0 Å². The molecule has 7 nitrogen and oxygen atoms in total. The number of nitrogens with zero attached hydrogens (tertiary/aromatic N) is 1. The van der Waals surface area contributed by atoms with Crippen molar-refractivity contribution in [3.63, 3.8) is 0 Å². The minimum atomic E-state index is -3.65. The summed E-state index contributed by atoms with van der Waals surface area (Å²) < 4.78 is 27.3. The van der Waals surface area contributed by atoms with Crippen LogP contribution in [0.1, 0.15) is 50.4 Å². The van der Waals surface area contributed by atoms with Gasteiger partial charge in [-0.3, -0.25) is 9.59 Å². The van der Waals surface area contributed by atoms with Crippen LogP contribution in [-0.4, -0.2) is 49.7 Å². The molecule has 2 rings (SSSR count). The summed E-state index contributed by atoms with van der Waals surface area (Å²) in [7, 11) is -3.65. The standard InChI is InChI=1S/C18H27N3O4S/c1-4-19-17(22)14(3)20-18(23)15-9-7-10-16(12-15)26(24,25)21-11-6-5-8-13(21)2/h7,9-10,12-14H,4-6,8,11H2,1-3H3,(H,19,22)(H,20,23)/t13-,14-/m1/s1. The molecular formula is C18H27N3O4S. The molecule has 0 aromatic heterocycles. The number of piperidine rings is 1. The van der Waals surface area contributed by atoms with Crippen LogP contribution >= 0.6 is 0 Å². The quantitative estimate of drug-likeness (QED) is 0.781. The minimum Gasteiger partial charge on any atom is -0.355 e. The van der Waals surface area contributed by atoms with Crippen molar-refractivity contribution in [2.24, 2.45) is 0 Å². The topological polar surface area (TPSA) is 95.6 Å². The summed E-state index contributed by atoms with van der Waals surface area (Å²) in [5.74, 6) is -0.765. The zero-order chi connectivity index (χ0) is 19.3. The molecule has 26 heavy (non-hydrogen) atoms. The van der Waals surface area contributed by atoms with Gasteiger partial charge in [-0.2, -0.15) is 4.31 Å². The van der Waals surface area contributed by atoms with Crippen LogP contribution in [0.2, 0.25) is 0 Å². The first-order valence-corrected chi connectivity index (χ1v) is 10.4. The molecule has 0 bridgehead atoms. The molecule has 1 fully saturated rings. The lowest BCUT2D eigenvalue weighted by Crippen LogP contribution is -2.44. The van der Waals surface area contributed by atoms with Gasteiger partial charge in [-0.1, -0.05) is 12.5 Å². The molecule has 144 valence electrons. The van der Waals surface area contributed by atoms with E-state index in [0.717, 1.165) is 19.3 Å². The van der Waals surface area contributed by atoms with Crippen molar-refractivity contribution in [3.05, 3.63) is 29.8 Å². The van der Waals surface area contributed by atoms with Crippen molar-refractivity contribution in [2.45, 2.75) is 57.0 Å². The first kappa shape index (κ1) is 20.4. The van der Waals surface area contributed by atoms with E-state index in [2.05, 4.69) is 10.6 Å². The third kappa shape index (κ3) is 4.62. The largest absolute Gasteiger partial charge is 0.355 e. The molecule has 0 aliphatic carbocycles. The predicted molar refractivity (Wildman–Crippen MR) is 99.3 cm³/mol. The van der Waals surface area contributed by atoms with Gasteiger partial charge in [0.15, 0.2) is 0 Å². The van der Waals surface area contributed by atoms with Crippen LogP contribution < -0.4 is 10.6 Å². The summed E-state index contributed by atoms with van der Waals surface area (Å²) >= 11 is 0. The van der Waals surface area contributed by atoms with Gasteiger partial charge < -0.3 is 10.6 Å². The van der Waals surface area contributed by atoms with Crippen LogP contribution in [0.3, 0.4) is 0 Å². The van der Waals surface area contributed by atoms with Crippen molar-refractivity contribution < 1.29 is 18.0 Å². The van der Waals surface area contributed by atoms with Crippen LogP contribution in [0.25, 0.3) is 0 Å². The zero-order valence-electron chi connectivity index (χ0n) is 15.5. The number of hydrogen-bond donors (Lipinski definition) is 2. The van der Waals surface area contributed by atoms with E-state index in [1.807, 2.05) is 6.92 Å². The second kappa shape index (κ2) is 8.64. The highest BCUT2D eigenvalue weighted by Crippen LogP contribution is 2.25. The maximum absolute atomic E-state index is 12.9. The van der Waals surface area contributed by atoms with Crippen molar-refractivity contribution in [1.82, 2.24) is 14.9 Å². The molecule has 0 unspecified atom stereocenters. The summed E-state index contributed by atoms with van der Waals surface area (Å²) in [6, 6.07) is 5.21. The summed E-state index contributed by atoms with van der Waals surface area (Å²) in [4.78, 5) is 24.2. The summed E-state index contributed by atoms with van der Waals surface area (Å²) in [6.45, 7) is 6.25. The lowest BCUT2D eigenvalue weighted by molar-refractivity contribution is -0.122. The molecule has 1 heterocycles. The average molecular weight is 381 g/mol. The average Bonchev–Trinajstić information content (AvgIpc) is 2.62. The number of amides is 2. The predicted octanol–water partition coefficient (Wildman–Crippen LogP) is 1.50. The molecule has 1 aromatic carbocycles. The van der Waals surface area contributed by atoms with Gasteiger partial charge >= 0.3 is 0 Å². The number of rotatable bonds is 6. The number of hydrogen-bond acceptors (Lipinski definition) is 4. The Kier molecular flexibility index (Phi) is 6.77. The Morgan fingerprint density at radius 3 is 2.69 bits per heavy atom. The first-order chi connectivity index (χ1) is 12.3. The van der Waals surface area contributed by atoms with E-state index < -0.39 is 22.0 Å². The van der Waals surface area contributed by atoms with Crippen molar-refractivity contribution >= 4 is 21.8 Å². The molecule has 0 radical (unpaired) electrons. The van der Waals surface area contributed by atoms with E-state index >= 15 is 0 Å². The first-order valence-electron chi connectivity index (χ1n) is 8.98. The van der Waals surface area contributed by atoms with Gasteiger partial charge in [0.1, 0.15) is 6.04 Å². The summed E-state index contributed by atoms with van der Waals surface area (Å²) in [6.07, 6.45) is 2.70. The maximum atomic E-state index is 12.9. The third-order valence-electron chi connectivity index (χ3n) is 4.54. The fourth-order valence-corrected chi connectivity index (χ4v) is 4.78. The Hall–Kier alpha value is -1.93. The Morgan fingerprint density at radius 1 is 1.31 bits per heavy atom. The Morgan fingerprint density at radius 2 is 2.04 bits per heavy atom. The molecule has 1 aliphatic rings. The monoisotopic (exact) mass is 381 g/mol. The highest BCUT2D eigenvalue weighted by atomic mass is 32.2. The smallest absolute Gasteiger partial charge is 0.251 e. The van der Waals surface area contributed by atoms with E-state index in [-0.39, 0.29) is 22.4 Å². The maximum Gasteiger partial charge on any atom is 0.251 e. The van der Waals surface area contributed by atoms with Crippen molar-refractivity contribution in [3.8, 4) is 0 Å². The lowest BCUT2D eigenvalue weighted by Gasteiger charge is -2.32. The number of nitrogens with one attached hydrogen (secondary N) is 2. The van der Waals surface area contributed by atoms with E-state index in [0.29, 0.717) is 13.1 Å². The van der Waals surface area contributed by atoms with Crippen LogP contribution in [-0.2, 0) is 14.8 Å². The minimum absolute atomic E-state index is 0.0519. The van der Waals surface area contributed by atoms with Gasteiger partial charge in [0.25, 0.3) is 5.91 Å². The SMILES string of the molecule is CCNC(=O)[C@@H](C)NC(=O)c1cccc(S(=O)(=O)N2CCCC[C@H]2C)c1. The molecule has 2 atom stereocenters. The summed E-state index contributed by atoms with van der Waals surface area (Å²) in [5.41, 5.74) is 0.215. The lowest BCUT2D eigenvalue weighted by atomic mass is 10.1. The van der Waals surface area contributed by atoms with Crippen molar-refractivity contribution in [2.75, 3.05) is 13.1 Å². The molecule has 1 aromatic rings. The molecular weight excluding hydrogens is 354 g/mol. The molecule has 1 aliphatic heterocycles. The Balaban J connectivity index is 2.19. The van der Waals surface area contributed by atoms with Gasteiger partial charge in [0.2, 0.25) is 15.9 Å². The molecule has 2 N–H and O–H groups in total. The highest BCUT2D eigenvalue weighted by Gasteiger charge is 2.31. The number of carbonyl (C=O) groups excluding carboxylic acids is 2. The number of benzene rings is 1. The van der Waals surface area contributed by atoms with Crippen molar-refractivity contribution in [1.29, 1.82) is 0 Å².